The van der Waals surface area contributed by atoms with Crippen LogP contribution in [0.25, 0.3) is 0 Å². The maximum Gasteiger partial charge on any atom is 0.0945 e. The van der Waals surface area contributed by atoms with Gasteiger partial charge in [-0.2, -0.15) is 0 Å². The van der Waals surface area contributed by atoms with E-state index in [9.17, 15) is 0 Å². The maximum atomic E-state index is 5.59. The molecule has 1 aromatic heterocycles. The van der Waals surface area contributed by atoms with Crippen LogP contribution in [0.3, 0.4) is 0 Å². The quantitative estimate of drug-likeness (QED) is 0.196. The molecule has 1 heterocycles. The normalized spacial score (nSPS) is 11.7. The first-order chi connectivity index (χ1) is 20.8. The second-order valence-electron chi connectivity index (χ2n) is 17.7. The van der Waals surface area contributed by atoms with E-state index in [0.717, 1.165) is 39.2 Å². The maximum absolute atomic E-state index is 5.59. The standard InChI is InChI=1S/C10H18N2O.C9H20O.C8H18.C7H16O.C7H16.CH4/c1-10(2,3)13-8-4-6-12-7-5-11-9-12;1-5-6-7-8-10-9(2,3)4;1-5-6-7-8(2,3)4;1-5-6-8-7(2,3)4;1-5-6-7(2,3)4;/h5,7,9H,4,6,8H2,1-3H3;5-8H2,1-4H3;5-7H2,1-4H3;5-6H2,1-4H3;5-6H2,1-4H3;1H4. The predicted octanol–water partition coefficient (Wildman–Crippen LogP) is 14.0. The van der Waals surface area contributed by atoms with Gasteiger partial charge in [0.25, 0.3) is 0 Å². The molecule has 0 aliphatic heterocycles. The first-order valence-corrected chi connectivity index (χ1v) is 18.7. The third-order valence-electron chi connectivity index (χ3n) is 5.96. The molecule has 0 aromatic carbocycles. The summed E-state index contributed by atoms with van der Waals surface area (Å²) in [6, 6.07) is 0. The number of aromatic nitrogens is 2. The Morgan fingerprint density at radius 2 is 0.915 bits per heavy atom. The van der Waals surface area contributed by atoms with Gasteiger partial charge in [-0.05, 0) is 105 Å². The van der Waals surface area contributed by atoms with Crippen LogP contribution in [-0.2, 0) is 20.8 Å². The smallest absolute Gasteiger partial charge is 0.0945 e. The summed E-state index contributed by atoms with van der Waals surface area (Å²) >= 11 is 0. The van der Waals surface area contributed by atoms with E-state index in [4.69, 9.17) is 14.2 Å². The third kappa shape index (κ3) is 68.0. The van der Waals surface area contributed by atoms with Crippen LogP contribution in [0.4, 0.5) is 0 Å². The summed E-state index contributed by atoms with van der Waals surface area (Å²) < 4.78 is 18.6. The lowest BCUT2D eigenvalue weighted by atomic mass is 9.90. The molecular formula is C42H92N2O3. The number of hydrogen-bond acceptors (Lipinski definition) is 4. The van der Waals surface area contributed by atoms with Crippen molar-refractivity contribution in [2.24, 2.45) is 10.8 Å². The third-order valence-corrected chi connectivity index (χ3v) is 5.96. The number of unbranched alkanes of at least 4 members (excludes halogenated alkanes) is 3. The summed E-state index contributed by atoms with van der Waals surface area (Å²) in [5.74, 6) is 0. The molecule has 288 valence electrons. The van der Waals surface area contributed by atoms with Gasteiger partial charge < -0.3 is 18.8 Å². The first-order valence-electron chi connectivity index (χ1n) is 18.7. The average Bonchev–Trinajstić information content (AvgIpc) is 3.39. The van der Waals surface area contributed by atoms with Gasteiger partial charge in [-0.1, -0.05) is 109 Å². The summed E-state index contributed by atoms with van der Waals surface area (Å²) in [6.07, 6.45) is 18.2. The van der Waals surface area contributed by atoms with Gasteiger partial charge >= 0.3 is 0 Å². The Kier molecular flexibility index (Phi) is 36.7. The topological polar surface area (TPSA) is 45.5 Å². The number of hydrogen-bond donors (Lipinski definition) is 0. The van der Waals surface area contributed by atoms with Gasteiger partial charge in [0, 0.05) is 38.8 Å². The van der Waals surface area contributed by atoms with E-state index >= 15 is 0 Å². The summed E-state index contributed by atoms with van der Waals surface area (Å²) in [7, 11) is 0. The van der Waals surface area contributed by atoms with Crippen LogP contribution in [0, 0.1) is 10.8 Å². The lowest BCUT2D eigenvalue weighted by Crippen LogP contribution is -2.20. The molecule has 0 saturated heterocycles. The van der Waals surface area contributed by atoms with Crippen molar-refractivity contribution in [1.29, 1.82) is 0 Å². The number of ether oxygens (including phenoxy) is 3. The number of nitrogens with zero attached hydrogens (tertiary/aromatic N) is 2. The van der Waals surface area contributed by atoms with Crippen LogP contribution >= 0.6 is 0 Å². The molecule has 0 unspecified atom stereocenters. The molecule has 5 nitrogen and oxygen atoms in total. The minimum absolute atomic E-state index is 0. The minimum Gasteiger partial charge on any atom is -0.376 e. The van der Waals surface area contributed by atoms with Gasteiger partial charge in [0.1, 0.15) is 0 Å². The van der Waals surface area contributed by atoms with Crippen LogP contribution in [0.2, 0.25) is 0 Å². The molecule has 0 spiro atoms. The van der Waals surface area contributed by atoms with Crippen molar-refractivity contribution < 1.29 is 14.2 Å². The number of rotatable bonds is 13. The zero-order valence-corrected chi connectivity index (χ0v) is 35.3. The zero-order valence-electron chi connectivity index (χ0n) is 35.3. The Hall–Kier alpha value is -0.910. The second kappa shape index (κ2) is 31.1. The molecule has 1 aromatic rings. The van der Waals surface area contributed by atoms with Crippen LogP contribution in [0.15, 0.2) is 18.7 Å². The van der Waals surface area contributed by atoms with Gasteiger partial charge in [0.15, 0.2) is 0 Å². The Bertz CT molecular complexity index is 692. The molecule has 5 heteroatoms. The fourth-order valence-electron chi connectivity index (χ4n) is 3.64. The molecule has 0 atom stereocenters. The molecular weight excluding hydrogens is 580 g/mol. The molecule has 47 heavy (non-hydrogen) atoms. The van der Waals surface area contributed by atoms with Gasteiger partial charge in [0.05, 0.1) is 23.1 Å². The average molecular weight is 673 g/mol. The number of imidazole rings is 1. The highest BCUT2D eigenvalue weighted by molar-refractivity contribution is 4.73. The van der Waals surface area contributed by atoms with Gasteiger partial charge in [0.2, 0.25) is 0 Å². The number of aryl methyl sites for hydroxylation is 1. The van der Waals surface area contributed by atoms with Crippen molar-refractivity contribution in [3.05, 3.63) is 18.7 Å². The van der Waals surface area contributed by atoms with Crippen molar-refractivity contribution in [3.63, 3.8) is 0 Å². The van der Waals surface area contributed by atoms with Crippen molar-refractivity contribution in [2.45, 2.75) is 227 Å². The summed E-state index contributed by atoms with van der Waals surface area (Å²) in [6.45, 7) is 44.8. The second-order valence-corrected chi connectivity index (χ2v) is 17.7. The highest BCUT2D eigenvalue weighted by Crippen LogP contribution is 2.21. The molecule has 1 rings (SSSR count). The molecule has 0 aliphatic rings. The molecule has 0 bridgehead atoms. The van der Waals surface area contributed by atoms with Crippen LogP contribution in [0.5, 0.6) is 0 Å². The summed E-state index contributed by atoms with van der Waals surface area (Å²) in [4.78, 5) is 3.97. The van der Waals surface area contributed by atoms with Gasteiger partial charge in [-0.3, -0.25) is 0 Å². The van der Waals surface area contributed by atoms with Crippen molar-refractivity contribution in [3.8, 4) is 0 Å². The SMILES string of the molecule is C.CC(C)(C)OCCCn1ccnc1.CCCC(C)(C)C.CCCCC(C)(C)C.CCCCCOC(C)(C)C.CCCOC(C)(C)C. The molecule has 0 amide bonds. The van der Waals surface area contributed by atoms with E-state index in [1.807, 2.05) is 12.5 Å². The lowest BCUT2D eigenvalue weighted by Gasteiger charge is -2.19. The molecule has 0 radical (unpaired) electrons. The highest BCUT2D eigenvalue weighted by Gasteiger charge is 2.10. The van der Waals surface area contributed by atoms with Crippen molar-refractivity contribution >= 4 is 0 Å². The lowest BCUT2D eigenvalue weighted by molar-refractivity contribution is -0.00544. The molecule has 0 aliphatic carbocycles. The Labute approximate surface area is 299 Å². The summed E-state index contributed by atoms with van der Waals surface area (Å²) in [5.41, 5.74) is 1.18. The van der Waals surface area contributed by atoms with E-state index in [2.05, 4.69) is 141 Å². The van der Waals surface area contributed by atoms with E-state index in [0.29, 0.717) is 10.8 Å². The Morgan fingerprint density at radius 3 is 1.17 bits per heavy atom. The molecule has 0 N–H and O–H groups in total. The largest absolute Gasteiger partial charge is 0.376 e. The van der Waals surface area contributed by atoms with Crippen molar-refractivity contribution in [1.82, 2.24) is 9.55 Å². The van der Waals surface area contributed by atoms with Crippen LogP contribution in [-0.4, -0.2) is 46.2 Å². The minimum atomic E-state index is -0.0189. The Balaban J connectivity index is -0.000000159. The predicted molar refractivity (Wildman–Crippen MR) is 214 cm³/mol. The highest BCUT2D eigenvalue weighted by atomic mass is 16.5. The zero-order chi connectivity index (χ0) is 36.9. The van der Waals surface area contributed by atoms with Gasteiger partial charge in [-0.25, -0.2) is 4.98 Å². The van der Waals surface area contributed by atoms with E-state index < -0.39 is 0 Å². The molecule has 0 fully saturated rings. The van der Waals surface area contributed by atoms with Gasteiger partial charge in [-0.15, -0.1) is 0 Å². The van der Waals surface area contributed by atoms with E-state index in [1.54, 1.807) is 6.20 Å². The van der Waals surface area contributed by atoms with Crippen LogP contribution in [0.1, 0.15) is 203 Å². The summed E-state index contributed by atoms with van der Waals surface area (Å²) in [5, 5.41) is 0. The Morgan fingerprint density at radius 1 is 0.489 bits per heavy atom. The van der Waals surface area contributed by atoms with E-state index in [1.165, 1.54) is 51.4 Å². The first kappa shape index (κ1) is 55.5. The fraction of sp³-hybridized carbons (Fsp3) is 0.929. The van der Waals surface area contributed by atoms with Crippen molar-refractivity contribution in [2.75, 3.05) is 19.8 Å². The monoisotopic (exact) mass is 673 g/mol. The van der Waals surface area contributed by atoms with E-state index in [-0.39, 0.29) is 24.2 Å². The molecule has 0 saturated carbocycles. The van der Waals surface area contributed by atoms with Crippen LogP contribution < -0.4 is 0 Å². The fourth-order valence-corrected chi connectivity index (χ4v) is 3.64.